The summed E-state index contributed by atoms with van der Waals surface area (Å²) < 4.78 is 15.0. The van der Waals surface area contributed by atoms with Crippen LogP contribution >= 0.6 is 23.4 Å². The second-order valence-corrected chi connectivity index (χ2v) is 6.78. The summed E-state index contributed by atoms with van der Waals surface area (Å²) in [5.41, 5.74) is 2.60. The van der Waals surface area contributed by atoms with Crippen molar-refractivity contribution in [1.82, 2.24) is 14.8 Å². The molecule has 1 N–H and O–H groups in total. The van der Waals surface area contributed by atoms with Crippen molar-refractivity contribution in [3.63, 3.8) is 0 Å². The van der Waals surface area contributed by atoms with Crippen molar-refractivity contribution in [3.8, 4) is 5.69 Å². The molecule has 2 aromatic carbocycles. The summed E-state index contributed by atoms with van der Waals surface area (Å²) >= 11 is 6.99. The Morgan fingerprint density at radius 2 is 2.12 bits per heavy atom. The molecule has 5 nitrogen and oxygen atoms in total. The summed E-state index contributed by atoms with van der Waals surface area (Å²) in [6, 6.07) is 12.0. The molecule has 3 rings (SSSR count). The van der Waals surface area contributed by atoms with Crippen LogP contribution in [-0.4, -0.2) is 26.4 Å². The number of thioether (sulfide) groups is 1. The van der Waals surface area contributed by atoms with Gasteiger partial charge in [-0.15, -0.1) is 10.2 Å². The standard InChI is InChI=1S/C18H16ClFN4OS/c1-2-12-5-3-4-6-16(12)24-11-21-23-18(24)26-10-17(25)22-13-7-8-15(20)14(19)9-13/h3-9,11H,2,10H2,1H3,(H,22,25). The zero-order valence-corrected chi connectivity index (χ0v) is 15.5. The molecule has 0 unspecified atom stereocenters. The van der Waals surface area contributed by atoms with Gasteiger partial charge in [0.05, 0.1) is 16.5 Å². The average Bonchev–Trinajstić information content (AvgIpc) is 3.11. The van der Waals surface area contributed by atoms with Crippen molar-refractivity contribution < 1.29 is 9.18 Å². The van der Waals surface area contributed by atoms with Gasteiger partial charge >= 0.3 is 0 Å². The lowest BCUT2D eigenvalue weighted by Crippen LogP contribution is -2.14. The number of aromatic nitrogens is 3. The van der Waals surface area contributed by atoms with Crippen LogP contribution in [0.1, 0.15) is 12.5 Å². The zero-order valence-electron chi connectivity index (χ0n) is 13.9. The molecule has 0 saturated carbocycles. The van der Waals surface area contributed by atoms with E-state index in [0.717, 1.165) is 12.1 Å². The van der Waals surface area contributed by atoms with Crippen molar-refractivity contribution in [1.29, 1.82) is 0 Å². The van der Waals surface area contributed by atoms with Crippen LogP contribution in [0, 0.1) is 5.82 Å². The maximum Gasteiger partial charge on any atom is 0.234 e. The van der Waals surface area contributed by atoms with E-state index < -0.39 is 5.82 Å². The molecule has 134 valence electrons. The van der Waals surface area contributed by atoms with Crippen LogP contribution in [-0.2, 0) is 11.2 Å². The number of carbonyl (C=O) groups is 1. The SMILES string of the molecule is CCc1ccccc1-n1cnnc1SCC(=O)Nc1ccc(F)c(Cl)c1. The van der Waals surface area contributed by atoms with Crippen LogP contribution in [0.3, 0.4) is 0 Å². The molecule has 0 radical (unpaired) electrons. The molecule has 0 aliphatic rings. The fourth-order valence-electron chi connectivity index (χ4n) is 2.43. The van der Waals surface area contributed by atoms with Gasteiger partial charge in [-0.05, 0) is 36.2 Å². The summed E-state index contributed by atoms with van der Waals surface area (Å²) in [4.78, 5) is 12.1. The molecular formula is C18H16ClFN4OS. The van der Waals surface area contributed by atoms with Gasteiger partial charge in [0.25, 0.3) is 0 Å². The molecule has 1 amide bonds. The highest BCUT2D eigenvalue weighted by Gasteiger charge is 2.12. The molecule has 8 heteroatoms. The van der Waals surface area contributed by atoms with E-state index in [-0.39, 0.29) is 16.7 Å². The summed E-state index contributed by atoms with van der Waals surface area (Å²) in [5, 5.41) is 11.3. The molecule has 26 heavy (non-hydrogen) atoms. The second-order valence-electron chi connectivity index (χ2n) is 5.43. The number of carbonyl (C=O) groups excluding carboxylic acids is 1. The van der Waals surface area contributed by atoms with E-state index in [4.69, 9.17) is 11.6 Å². The highest BCUT2D eigenvalue weighted by Crippen LogP contribution is 2.23. The maximum absolute atomic E-state index is 13.2. The van der Waals surface area contributed by atoms with Crippen molar-refractivity contribution in [2.45, 2.75) is 18.5 Å². The fourth-order valence-corrected chi connectivity index (χ4v) is 3.34. The number of hydrogen-bond donors (Lipinski definition) is 1. The first-order valence-electron chi connectivity index (χ1n) is 7.94. The van der Waals surface area contributed by atoms with Crippen LogP contribution in [0.15, 0.2) is 53.9 Å². The molecule has 0 aliphatic carbocycles. The first-order chi connectivity index (χ1) is 12.6. The first kappa shape index (κ1) is 18.4. The lowest BCUT2D eigenvalue weighted by atomic mass is 10.1. The van der Waals surface area contributed by atoms with Gasteiger partial charge in [-0.25, -0.2) is 4.39 Å². The molecule has 0 atom stereocenters. The first-order valence-corrected chi connectivity index (χ1v) is 9.31. The third-order valence-electron chi connectivity index (χ3n) is 3.68. The topological polar surface area (TPSA) is 59.8 Å². The molecule has 0 spiro atoms. The van der Waals surface area contributed by atoms with Crippen LogP contribution in [0.5, 0.6) is 0 Å². The van der Waals surface area contributed by atoms with E-state index in [9.17, 15) is 9.18 Å². The monoisotopic (exact) mass is 390 g/mol. The Labute approximate surface area is 159 Å². The van der Waals surface area contributed by atoms with E-state index in [1.165, 1.54) is 35.5 Å². The largest absolute Gasteiger partial charge is 0.325 e. The third-order valence-corrected chi connectivity index (χ3v) is 4.92. The van der Waals surface area contributed by atoms with Crippen LogP contribution in [0.25, 0.3) is 5.69 Å². The molecular weight excluding hydrogens is 375 g/mol. The van der Waals surface area contributed by atoms with Crippen molar-refractivity contribution >= 4 is 35.0 Å². The smallest absolute Gasteiger partial charge is 0.234 e. The van der Waals surface area contributed by atoms with Crippen molar-refractivity contribution in [3.05, 3.63) is 65.2 Å². The Morgan fingerprint density at radius 1 is 1.31 bits per heavy atom. The minimum absolute atomic E-state index is 0.0358. The van der Waals surface area contributed by atoms with Gasteiger partial charge in [0.1, 0.15) is 12.1 Å². The highest BCUT2D eigenvalue weighted by molar-refractivity contribution is 7.99. The van der Waals surface area contributed by atoms with Crippen LogP contribution < -0.4 is 5.32 Å². The maximum atomic E-state index is 13.2. The van der Waals surface area contributed by atoms with Crippen LogP contribution in [0.2, 0.25) is 5.02 Å². The zero-order chi connectivity index (χ0) is 18.5. The Bertz CT molecular complexity index is 931. The Kier molecular flexibility index (Phi) is 5.90. The molecule has 3 aromatic rings. The Hall–Kier alpha value is -2.38. The summed E-state index contributed by atoms with van der Waals surface area (Å²) in [6.45, 7) is 2.08. The highest BCUT2D eigenvalue weighted by atomic mass is 35.5. The number of benzene rings is 2. The van der Waals surface area contributed by atoms with Gasteiger partial charge < -0.3 is 5.32 Å². The van der Waals surface area contributed by atoms with Gasteiger partial charge in [-0.2, -0.15) is 0 Å². The summed E-state index contributed by atoms with van der Waals surface area (Å²) in [6.07, 6.45) is 2.51. The number of nitrogens with one attached hydrogen (secondary N) is 1. The van der Waals surface area contributed by atoms with Gasteiger partial charge in [0.15, 0.2) is 5.16 Å². The molecule has 0 saturated heterocycles. The summed E-state index contributed by atoms with van der Waals surface area (Å²) in [7, 11) is 0. The predicted molar refractivity (Wildman–Crippen MR) is 102 cm³/mol. The number of rotatable bonds is 6. The average molecular weight is 391 g/mol. The minimum Gasteiger partial charge on any atom is -0.325 e. The number of nitrogens with zero attached hydrogens (tertiary/aromatic N) is 3. The fraction of sp³-hybridized carbons (Fsp3) is 0.167. The normalized spacial score (nSPS) is 10.7. The second kappa shape index (κ2) is 8.33. The number of para-hydroxylation sites is 1. The van der Waals surface area contributed by atoms with E-state index in [2.05, 4.69) is 28.5 Å². The Balaban J connectivity index is 1.68. The molecule has 0 bridgehead atoms. The Morgan fingerprint density at radius 3 is 2.88 bits per heavy atom. The molecule has 1 aromatic heterocycles. The van der Waals surface area contributed by atoms with E-state index in [1.807, 2.05) is 22.8 Å². The number of anilines is 1. The van der Waals surface area contributed by atoms with Gasteiger partial charge in [-0.1, -0.05) is 48.5 Å². The lowest BCUT2D eigenvalue weighted by Gasteiger charge is -2.10. The number of hydrogen-bond acceptors (Lipinski definition) is 4. The van der Waals surface area contributed by atoms with Crippen molar-refractivity contribution in [2.75, 3.05) is 11.1 Å². The number of amides is 1. The third kappa shape index (κ3) is 4.23. The van der Waals surface area contributed by atoms with E-state index in [1.54, 1.807) is 6.33 Å². The van der Waals surface area contributed by atoms with Crippen LogP contribution in [0.4, 0.5) is 10.1 Å². The van der Waals surface area contributed by atoms with E-state index >= 15 is 0 Å². The van der Waals surface area contributed by atoms with Gasteiger partial charge in [-0.3, -0.25) is 9.36 Å². The van der Waals surface area contributed by atoms with Crippen molar-refractivity contribution in [2.24, 2.45) is 0 Å². The summed E-state index contributed by atoms with van der Waals surface area (Å²) in [5.74, 6) is -0.625. The van der Waals surface area contributed by atoms with Gasteiger partial charge in [0, 0.05) is 5.69 Å². The minimum atomic E-state index is -0.526. The number of halogens is 2. The molecule has 0 fully saturated rings. The predicted octanol–water partition coefficient (Wildman–Crippen LogP) is 4.35. The van der Waals surface area contributed by atoms with Gasteiger partial charge in [0.2, 0.25) is 5.91 Å². The molecule has 1 heterocycles. The molecule has 0 aliphatic heterocycles. The number of aryl methyl sites for hydroxylation is 1. The quantitative estimate of drug-likeness (QED) is 0.635. The van der Waals surface area contributed by atoms with E-state index in [0.29, 0.717) is 10.8 Å². The lowest BCUT2D eigenvalue weighted by molar-refractivity contribution is -0.113.